The van der Waals surface area contributed by atoms with Crippen molar-refractivity contribution in [1.29, 1.82) is 0 Å². The lowest BCUT2D eigenvalue weighted by atomic mass is 9.87. The number of rotatable bonds is 9. The first-order valence-corrected chi connectivity index (χ1v) is 12.4. The van der Waals surface area contributed by atoms with Crippen LogP contribution < -0.4 is 10.1 Å². The van der Waals surface area contributed by atoms with E-state index < -0.39 is 6.04 Å². The fourth-order valence-electron chi connectivity index (χ4n) is 3.42. The predicted molar refractivity (Wildman–Crippen MR) is 138 cm³/mol. The number of nitrogens with zero attached hydrogens (tertiary/aromatic N) is 1. The normalized spacial score (nSPS) is 12.4. The van der Waals surface area contributed by atoms with E-state index >= 15 is 0 Å². The molecule has 2 rings (SSSR count). The summed E-state index contributed by atoms with van der Waals surface area (Å²) in [4.78, 5) is 27.8. The van der Waals surface area contributed by atoms with Crippen LogP contribution in [0.25, 0.3) is 0 Å². The Morgan fingerprint density at radius 2 is 1.82 bits per heavy atom. The van der Waals surface area contributed by atoms with E-state index in [1.807, 2.05) is 57.2 Å². The standard InChI is InChI=1S/C26H34BrClN2O3/c1-7-22(25(32)29-17(2)3)30(15-18-10-8-9-11-21(18)28)24(31)16-33-23-13-12-19(14-20(23)27)26(4,5)6/h8-14,17,22H,7,15-16H2,1-6H3,(H,29,32)/t22-/m1/s1. The van der Waals surface area contributed by atoms with Crippen molar-refractivity contribution in [2.45, 2.75) is 72.0 Å². The lowest BCUT2D eigenvalue weighted by Gasteiger charge is -2.31. The highest BCUT2D eigenvalue weighted by Gasteiger charge is 2.30. The zero-order chi connectivity index (χ0) is 24.8. The van der Waals surface area contributed by atoms with E-state index in [1.54, 1.807) is 11.0 Å². The minimum Gasteiger partial charge on any atom is -0.483 e. The van der Waals surface area contributed by atoms with E-state index in [9.17, 15) is 9.59 Å². The highest BCUT2D eigenvalue weighted by atomic mass is 79.9. The molecule has 0 spiro atoms. The molecular formula is C26H34BrClN2O3. The molecule has 0 aliphatic rings. The van der Waals surface area contributed by atoms with Crippen molar-refractivity contribution >= 4 is 39.3 Å². The van der Waals surface area contributed by atoms with Crippen molar-refractivity contribution in [3.63, 3.8) is 0 Å². The molecule has 0 radical (unpaired) electrons. The van der Waals surface area contributed by atoms with Gasteiger partial charge in [-0.05, 0) is 70.9 Å². The van der Waals surface area contributed by atoms with Crippen LogP contribution in [0.5, 0.6) is 5.75 Å². The Balaban J connectivity index is 2.25. The first kappa shape index (κ1) is 27.2. The first-order valence-electron chi connectivity index (χ1n) is 11.2. The number of ether oxygens (including phenoxy) is 1. The van der Waals surface area contributed by atoms with Crippen molar-refractivity contribution in [2.75, 3.05) is 6.61 Å². The third-order valence-electron chi connectivity index (χ3n) is 5.26. The lowest BCUT2D eigenvalue weighted by Crippen LogP contribution is -2.51. The fraction of sp³-hybridized carbons (Fsp3) is 0.462. The zero-order valence-corrected chi connectivity index (χ0v) is 22.6. The summed E-state index contributed by atoms with van der Waals surface area (Å²) in [5.41, 5.74) is 1.93. The van der Waals surface area contributed by atoms with Gasteiger partial charge in [0.2, 0.25) is 5.91 Å². The average molecular weight is 538 g/mol. The quantitative estimate of drug-likeness (QED) is 0.420. The number of nitrogens with one attached hydrogen (secondary N) is 1. The van der Waals surface area contributed by atoms with Crippen LogP contribution in [0, 0.1) is 0 Å². The molecule has 180 valence electrons. The Kier molecular flexibility index (Phi) is 9.80. The fourth-order valence-corrected chi connectivity index (χ4v) is 4.11. The van der Waals surface area contributed by atoms with Gasteiger partial charge in [-0.1, -0.05) is 63.6 Å². The van der Waals surface area contributed by atoms with Crippen molar-refractivity contribution in [1.82, 2.24) is 10.2 Å². The summed E-state index contributed by atoms with van der Waals surface area (Å²) < 4.78 is 6.65. The van der Waals surface area contributed by atoms with Gasteiger partial charge in [-0.3, -0.25) is 9.59 Å². The molecule has 7 heteroatoms. The molecule has 1 atom stereocenters. The maximum Gasteiger partial charge on any atom is 0.261 e. The molecular weight excluding hydrogens is 504 g/mol. The van der Waals surface area contributed by atoms with Crippen LogP contribution in [-0.4, -0.2) is 35.4 Å². The predicted octanol–water partition coefficient (Wildman–Crippen LogP) is 6.11. The van der Waals surface area contributed by atoms with E-state index in [2.05, 4.69) is 42.0 Å². The van der Waals surface area contributed by atoms with Crippen molar-refractivity contribution < 1.29 is 14.3 Å². The van der Waals surface area contributed by atoms with Crippen LogP contribution in [0.15, 0.2) is 46.9 Å². The summed E-state index contributed by atoms with van der Waals surface area (Å²) in [6, 6.07) is 12.5. The molecule has 0 saturated carbocycles. The van der Waals surface area contributed by atoms with Gasteiger partial charge in [-0.25, -0.2) is 0 Å². The average Bonchev–Trinajstić information content (AvgIpc) is 2.72. The highest BCUT2D eigenvalue weighted by Crippen LogP contribution is 2.31. The van der Waals surface area contributed by atoms with Crippen LogP contribution in [0.2, 0.25) is 5.02 Å². The van der Waals surface area contributed by atoms with Gasteiger partial charge in [0.25, 0.3) is 5.91 Å². The summed E-state index contributed by atoms with van der Waals surface area (Å²) in [7, 11) is 0. The molecule has 2 amide bonds. The number of benzene rings is 2. The Morgan fingerprint density at radius 3 is 2.36 bits per heavy atom. The SMILES string of the molecule is CC[C@H](C(=O)NC(C)C)N(Cc1ccccc1Cl)C(=O)COc1ccc(C(C)(C)C)cc1Br. The number of amides is 2. The molecule has 2 aromatic carbocycles. The topological polar surface area (TPSA) is 58.6 Å². The van der Waals surface area contributed by atoms with Crippen LogP contribution in [0.3, 0.4) is 0 Å². The Labute approximate surface area is 211 Å². The number of carbonyl (C=O) groups is 2. The second-order valence-corrected chi connectivity index (χ2v) is 10.6. The van der Waals surface area contributed by atoms with Gasteiger partial charge in [0.05, 0.1) is 4.47 Å². The molecule has 0 heterocycles. The molecule has 0 aromatic heterocycles. The number of hydrogen-bond acceptors (Lipinski definition) is 3. The Morgan fingerprint density at radius 1 is 1.15 bits per heavy atom. The van der Waals surface area contributed by atoms with Gasteiger partial charge >= 0.3 is 0 Å². The molecule has 0 fully saturated rings. The Bertz CT molecular complexity index is 972. The third kappa shape index (κ3) is 7.75. The lowest BCUT2D eigenvalue weighted by molar-refractivity contribution is -0.143. The first-order chi connectivity index (χ1) is 15.4. The summed E-state index contributed by atoms with van der Waals surface area (Å²) in [5.74, 6) is 0.102. The van der Waals surface area contributed by atoms with Crippen LogP contribution in [0.4, 0.5) is 0 Å². The van der Waals surface area contributed by atoms with Gasteiger partial charge in [0.1, 0.15) is 11.8 Å². The highest BCUT2D eigenvalue weighted by molar-refractivity contribution is 9.10. The molecule has 0 bridgehead atoms. The van der Waals surface area contributed by atoms with E-state index in [0.29, 0.717) is 17.2 Å². The summed E-state index contributed by atoms with van der Waals surface area (Å²) in [6.07, 6.45) is 0.471. The number of halogens is 2. The van der Waals surface area contributed by atoms with E-state index in [1.165, 1.54) is 0 Å². The van der Waals surface area contributed by atoms with Crippen molar-refractivity contribution in [3.8, 4) is 5.75 Å². The third-order valence-corrected chi connectivity index (χ3v) is 6.25. The zero-order valence-electron chi connectivity index (χ0n) is 20.2. The molecule has 2 aromatic rings. The van der Waals surface area contributed by atoms with Crippen molar-refractivity contribution in [3.05, 3.63) is 63.1 Å². The van der Waals surface area contributed by atoms with E-state index in [0.717, 1.165) is 15.6 Å². The van der Waals surface area contributed by atoms with Gasteiger partial charge < -0.3 is 15.0 Å². The summed E-state index contributed by atoms with van der Waals surface area (Å²) in [6.45, 7) is 12.1. The number of hydrogen-bond donors (Lipinski definition) is 1. The molecule has 0 unspecified atom stereocenters. The minimum atomic E-state index is -0.633. The maximum atomic E-state index is 13.3. The van der Waals surface area contributed by atoms with Gasteiger partial charge in [-0.15, -0.1) is 0 Å². The monoisotopic (exact) mass is 536 g/mol. The molecule has 0 saturated heterocycles. The van der Waals surface area contributed by atoms with E-state index in [-0.39, 0.29) is 36.4 Å². The summed E-state index contributed by atoms with van der Waals surface area (Å²) >= 11 is 9.91. The molecule has 0 aliphatic carbocycles. The molecule has 1 N–H and O–H groups in total. The smallest absolute Gasteiger partial charge is 0.261 e. The minimum absolute atomic E-state index is 0.000738. The molecule has 0 aliphatic heterocycles. The number of carbonyl (C=O) groups excluding carboxylic acids is 2. The molecule has 5 nitrogen and oxygen atoms in total. The van der Waals surface area contributed by atoms with Crippen molar-refractivity contribution in [2.24, 2.45) is 0 Å². The second kappa shape index (κ2) is 11.9. The van der Waals surface area contributed by atoms with Gasteiger partial charge in [-0.2, -0.15) is 0 Å². The molecule has 33 heavy (non-hydrogen) atoms. The Hall–Kier alpha value is -2.05. The largest absolute Gasteiger partial charge is 0.483 e. The van der Waals surface area contributed by atoms with Crippen LogP contribution in [0.1, 0.15) is 59.1 Å². The van der Waals surface area contributed by atoms with Gasteiger partial charge in [0, 0.05) is 17.6 Å². The van der Waals surface area contributed by atoms with Crippen LogP contribution >= 0.6 is 27.5 Å². The van der Waals surface area contributed by atoms with E-state index in [4.69, 9.17) is 16.3 Å². The van der Waals surface area contributed by atoms with Crippen LogP contribution in [-0.2, 0) is 21.5 Å². The second-order valence-electron chi connectivity index (χ2n) is 9.38. The maximum absolute atomic E-state index is 13.3. The van der Waals surface area contributed by atoms with Gasteiger partial charge in [0.15, 0.2) is 6.61 Å². The summed E-state index contributed by atoms with van der Waals surface area (Å²) in [5, 5.41) is 3.47.